The SMILES string of the molecule is CCCNS(=O)(=O)c1c(C)nn(C)c1C. The Labute approximate surface area is 90.5 Å². The van der Waals surface area contributed by atoms with Crippen LogP contribution in [0.3, 0.4) is 0 Å². The van der Waals surface area contributed by atoms with Crippen molar-refractivity contribution in [2.75, 3.05) is 6.54 Å². The fourth-order valence-electron chi connectivity index (χ4n) is 1.45. The van der Waals surface area contributed by atoms with Crippen molar-refractivity contribution in [3.05, 3.63) is 11.4 Å². The van der Waals surface area contributed by atoms with Crippen molar-refractivity contribution in [2.24, 2.45) is 7.05 Å². The predicted octanol–water partition coefficient (Wildman–Crippen LogP) is 0.725. The molecule has 0 radical (unpaired) electrons. The Balaban J connectivity index is 3.15. The van der Waals surface area contributed by atoms with Gasteiger partial charge in [-0.3, -0.25) is 4.68 Å². The van der Waals surface area contributed by atoms with E-state index in [1.807, 2.05) is 6.92 Å². The van der Waals surface area contributed by atoms with Crippen LogP contribution in [-0.4, -0.2) is 24.7 Å². The molecular weight excluding hydrogens is 214 g/mol. The Morgan fingerprint density at radius 3 is 2.40 bits per heavy atom. The first-order valence-electron chi connectivity index (χ1n) is 4.90. The molecule has 0 aromatic carbocycles. The first kappa shape index (κ1) is 12.2. The maximum Gasteiger partial charge on any atom is 0.244 e. The van der Waals surface area contributed by atoms with Crippen LogP contribution in [0.2, 0.25) is 0 Å². The van der Waals surface area contributed by atoms with Gasteiger partial charge in [-0.2, -0.15) is 5.10 Å². The van der Waals surface area contributed by atoms with E-state index in [1.165, 1.54) is 0 Å². The van der Waals surface area contributed by atoms with Gasteiger partial charge in [0.15, 0.2) is 0 Å². The number of aromatic nitrogens is 2. The monoisotopic (exact) mass is 231 g/mol. The third kappa shape index (κ3) is 2.38. The minimum absolute atomic E-state index is 0.304. The maximum atomic E-state index is 11.9. The maximum absolute atomic E-state index is 11.9. The van der Waals surface area contributed by atoms with E-state index in [2.05, 4.69) is 9.82 Å². The summed E-state index contributed by atoms with van der Waals surface area (Å²) < 4.78 is 27.9. The van der Waals surface area contributed by atoms with Gasteiger partial charge in [-0.05, 0) is 20.3 Å². The molecule has 0 saturated heterocycles. The van der Waals surface area contributed by atoms with Crippen LogP contribution < -0.4 is 4.72 Å². The van der Waals surface area contributed by atoms with Crippen molar-refractivity contribution < 1.29 is 8.42 Å². The molecule has 6 heteroatoms. The zero-order valence-corrected chi connectivity index (χ0v) is 10.3. The molecule has 0 aliphatic carbocycles. The van der Waals surface area contributed by atoms with Gasteiger partial charge in [0.2, 0.25) is 10.0 Å². The number of rotatable bonds is 4. The third-order valence-corrected chi connectivity index (χ3v) is 3.97. The molecule has 15 heavy (non-hydrogen) atoms. The molecule has 0 aliphatic rings. The summed E-state index contributed by atoms with van der Waals surface area (Å²) in [6.07, 6.45) is 0.775. The summed E-state index contributed by atoms with van der Waals surface area (Å²) in [7, 11) is -1.66. The molecule has 0 aliphatic heterocycles. The van der Waals surface area contributed by atoms with Crippen molar-refractivity contribution in [1.82, 2.24) is 14.5 Å². The van der Waals surface area contributed by atoms with Crippen LogP contribution >= 0.6 is 0 Å². The molecule has 1 rings (SSSR count). The first-order valence-corrected chi connectivity index (χ1v) is 6.38. The van der Waals surface area contributed by atoms with E-state index < -0.39 is 10.0 Å². The van der Waals surface area contributed by atoms with Gasteiger partial charge in [0.1, 0.15) is 4.90 Å². The van der Waals surface area contributed by atoms with Gasteiger partial charge in [-0.15, -0.1) is 0 Å². The van der Waals surface area contributed by atoms with Gasteiger partial charge in [-0.1, -0.05) is 6.92 Å². The predicted molar refractivity (Wildman–Crippen MR) is 58.2 cm³/mol. The van der Waals surface area contributed by atoms with Gasteiger partial charge in [0.05, 0.1) is 11.4 Å². The average molecular weight is 231 g/mol. The number of sulfonamides is 1. The van der Waals surface area contributed by atoms with Gasteiger partial charge in [-0.25, -0.2) is 13.1 Å². The Kier molecular flexibility index (Phi) is 3.51. The molecule has 0 bridgehead atoms. The van der Waals surface area contributed by atoms with E-state index in [9.17, 15) is 8.42 Å². The quantitative estimate of drug-likeness (QED) is 0.830. The molecule has 1 aromatic rings. The topological polar surface area (TPSA) is 64.0 Å². The van der Waals surface area contributed by atoms with E-state index in [1.54, 1.807) is 25.6 Å². The van der Waals surface area contributed by atoms with Crippen LogP contribution in [0.25, 0.3) is 0 Å². The zero-order chi connectivity index (χ0) is 11.6. The number of hydrogen-bond donors (Lipinski definition) is 1. The van der Waals surface area contributed by atoms with E-state index in [0.29, 0.717) is 22.8 Å². The zero-order valence-electron chi connectivity index (χ0n) is 9.53. The summed E-state index contributed by atoms with van der Waals surface area (Å²) >= 11 is 0. The highest BCUT2D eigenvalue weighted by atomic mass is 32.2. The molecule has 86 valence electrons. The molecule has 1 heterocycles. The summed E-state index contributed by atoms with van der Waals surface area (Å²) in [6, 6.07) is 0. The molecule has 5 nitrogen and oxygen atoms in total. The van der Waals surface area contributed by atoms with Crippen molar-refractivity contribution in [2.45, 2.75) is 32.1 Å². The lowest BCUT2D eigenvalue weighted by Gasteiger charge is -2.05. The van der Waals surface area contributed by atoms with Crippen molar-refractivity contribution in [3.8, 4) is 0 Å². The van der Waals surface area contributed by atoms with Crippen molar-refractivity contribution in [3.63, 3.8) is 0 Å². The van der Waals surface area contributed by atoms with Crippen LogP contribution in [0.1, 0.15) is 24.7 Å². The molecule has 0 spiro atoms. The van der Waals surface area contributed by atoms with Gasteiger partial charge < -0.3 is 0 Å². The van der Waals surface area contributed by atoms with Crippen LogP contribution in [-0.2, 0) is 17.1 Å². The first-order chi connectivity index (χ1) is 6.90. The third-order valence-electron chi connectivity index (χ3n) is 2.25. The Hall–Kier alpha value is -0.880. The lowest BCUT2D eigenvalue weighted by molar-refractivity contribution is 0.579. The lowest BCUT2D eigenvalue weighted by Crippen LogP contribution is -2.25. The van der Waals surface area contributed by atoms with Crippen LogP contribution in [0.4, 0.5) is 0 Å². The molecular formula is C9H17N3O2S. The summed E-state index contributed by atoms with van der Waals surface area (Å²) in [5, 5.41) is 4.08. The van der Waals surface area contributed by atoms with E-state index in [-0.39, 0.29) is 0 Å². The highest BCUT2D eigenvalue weighted by molar-refractivity contribution is 7.89. The molecule has 0 fully saturated rings. The largest absolute Gasteiger partial charge is 0.271 e. The highest BCUT2D eigenvalue weighted by Gasteiger charge is 2.22. The standard InChI is InChI=1S/C9H17N3O2S/c1-5-6-10-15(13,14)9-7(2)11-12(4)8(9)3/h10H,5-6H2,1-4H3. The van der Waals surface area contributed by atoms with E-state index in [0.717, 1.165) is 6.42 Å². The van der Waals surface area contributed by atoms with Crippen molar-refractivity contribution in [1.29, 1.82) is 0 Å². The lowest BCUT2D eigenvalue weighted by atomic mass is 10.4. The Bertz CT molecular complexity index is 448. The minimum Gasteiger partial charge on any atom is -0.271 e. The summed E-state index contributed by atoms with van der Waals surface area (Å²) in [5.41, 5.74) is 1.20. The van der Waals surface area contributed by atoms with Crippen LogP contribution in [0.15, 0.2) is 4.90 Å². The highest BCUT2D eigenvalue weighted by Crippen LogP contribution is 2.17. The molecule has 1 N–H and O–H groups in total. The fraction of sp³-hybridized carbons (Fsp3) is 0.667. The second-order valence-electron chi connectivity index (χ2n) is 3.52. The second kappa shape index (κ2) is 4.32. The number of hydrogen-bond acceptors (Lipinski definition) is 3. The summed E-state index contributed by atoms with van der Waals surface area (Å²) in [6.45, 7) is 5.83. The van der Waals surface area contributed by atoms with Crippen LogP contribution in [0, 0.1) is 13.8 Å². The number of nitrogens with one attached hydrogen (secondary N) is 1. The van der Waals surface area contributed by atoms with Crippen molar-refractivity contribution >= 4 is 10.0 Å². The fourth-order valence-corrected chi connectivity index (χ4v) is 3.02. The number of aryl methyl sites for hydroxylation is 2. The van der Waals surface area contributed by atoms with E-state index >= 15 is 0 Å². The van der Waals surface area contributed by atoms with Crippen LogP contribution in [0.5, 0.6) is 0 Å². The average Bonchev–Trinajstić information content (AvgIpc) is 2.38. The van der Waals surface area contributed by atoms with Gasteiger partial charge in [0.25, 0.3) is 0 Å². The minimum atomic E-state index is -3.40. The smallest absolute Gasteiger partial charge is 0.244 e. The van der Waals surface area contributed by atoms with E-state index in [4.69, 9.17) is 0 Å². The Morgan fingerprint density at radius 2 is 2.00 bits per heavy atom. The normalized spacial score (nSPS) is 12.0. The number of nitrogens with zero attached hydrogens (tertiary/aromatic N) is 2. The Morgan fingerprint density at radius 1 is 1.40 bits per heavy atom. The second-order valence-corrected chi connectivity index (χ2v) is 5.23. The molecule has 0 amide bonds. The molecule has 0 unspecified atom stereocenters. The molecule has 1 aromatic heterocycles. The summed E-state index contributed by atoms with van der Waals surface area (Å²) in [4.78, 5) is 0.304. The molecule has 0 atom stereocenters. The van der Waals surface area contributed by atoms with Gasteiger partial charge >= 0.3 is 0 Å². The summed E-state index contributed by atoms with van der Waals surface area (Å²) in [5.74, 6) is 0. The molecule has 0 saturated carbocycles. The van der Waals surface area contributed by atoms with Gasteiger partial charge in [0, 0.05) is 13.6 Å².